The number of carbonyl (C=O) groups excluding carboxylic acids is 3. The van der Waals surface area contributed by atoms with Crippen LogP contribution in [-0.4, -0.2) is 37.8 Å². The van der Waals surface area contributed by atoms with E-state index in [1.54, 1.807) is 25.2 Å². The molecule has 0 aromatic heterocycles. The second-order valence-corrected chi connectivity index (χ2v) is 9.47. The Balaban J connectivity index is 2.15. The van der Waals surface area contributed by atoms with Crippen LogP contribution in [0.5, 0.6) is 0 Å². The van der Waals surface area contributed by atoms with E-state index in [4.69, 9.17) is 5.73 Å². The first-order valence-electron chi connectivity index (χ1n) is 11.4. The molecule has 12 heteroatoms. The number of carbonyl (C=O) groups is 3. The Hall–Kier alpha value is -4.09. The van der Waals surface area contributed by atoms with Gasteiger partial charge in [0.25, 0.3) is 0 Å². The number of alkyl halides is 3. The third kappa shape index (κ3) is 9.82. The Morgan fingerprint density at radius 2 is 1.70 bits per heavy atom. The Morgan fingerprint density at radius 3 is 2.27 bits per heavy atom. The normalized spacial score (nSPS) is 11.8. The van der Waals surface area contributed by atoms with Crippen LogP contribution in [0.1, 0.15) is 39.2 Å². The van der Waals surface area contributed by atoms with Gasteiger partial charge in [0.05, 0.1) is 23.3 Å². The number of nitrogens with one attached hydrogen (secondary N) is 3. The number of urea groups is 1. The molecule has 0 saturated heterocycles. The van der Waals surface area contributed by atoms with Crippen LogP contribution in [0.25, 0.3) is 0 Å². The molecule has 0 heterocycles. The fourth-order valence-electron chi connectivity index (χ4n) is 3.09. The minimum Gasteiger partial charge on any atom is -0.383 e. The van der Waals surface area contributed by atoms with E-state index >= 15 is 0 Å². The van der Waals surface area contributed by atoms with Crippen LogP contribution in [0.2, 0.25) is 0 Å². The average Bonchev–Trinajstić information content (AvgIpc) is 2.77. The minimum absolute atomic E-state index is 0.0860. The van der Waals surface area contributed by atoms with E-state index in [-0.39, 0.29) is 30.0 Å². The van der Waals surface area contributed by atoms with Gasteiger partial charge in [0.1, 0.15) is 0 Å². The summed E-state index contributed by atoms with van der Waals surface area (Å²) < 4.78 is 38.1. The van der Waals surface area contributed by atoms with Gasteiger partial charge in [-0.25, -0.2) is 9.79 Å². The van der Waals surface area contributed by atoms with Gasteiger partial charge >= 0.3 is 12.2 Å². The SMILES string of the molecule is CN(C(=O)CC(C)(C)C)c1ccc(NCCC(N)=O)c(N=CNC(=O)Nc2ccc(C(F)(F)F)cc2)c1. The molecule has 0 bridgehead atoms. The highest BCUT2D eigenvalue weighted by molar-refractivity contribution is 5.97. The monoisotopic (exact) mass is 520 g/mol. The zero-order valence-electron chi connectivity index (χ0n) is 21.1. The fourth-order valence-corrected chi connectivity index (χ4v) is 3.09. The highest BCUT2D eigenvalue weighted by Gasteiger charge is 2.30. The Labute approximate surface area is 213 Å². The summed E-state index contributed by atoms with van der Waals surface area (Å²) in [5, 5.41) is 7.82. The number of benzene rings is 2. The van der Waals surface area contributed by atoms with Gasteiger partial charge in [0.15, 0.2) is 0 Å². The number of hydrogen-bond acceptors (Lipinski definition) is 5. The van der Waals surface area contributed by atoms with E-state index in [1.807, 2.05) is 20.8 Å². The fraction of sp³-hybridized carbons (Fsp3) is 0.360. The molecule has 0 aliphatic carbocycles. The van der Waals surface area contributed by atoms with Gasteiger partial charge in [-0.2, -0.15) is 13.2 Å². The molecule has 0 aliphatic rings. The Morgan fingerprint density at radius 1 is 1.05 bits per heavy atom. The maximum atomic E-state index is 12.7. The highest BCUT2D eigenvalue weighted by Crippen LogP contribution is 2.31. The number of hydrogen-bond donors (Lipinski definition) is 4. The molecule has 37 heavy (non-hydrogen) atoms. The van der Waals surface area contributed by atoms with E-state index < -0.39 is 23.7 Å². The van der Waals surface area contributed by atoms with E-state index in [0.29, 0.717) is 23.5 Å². The molecule has 4 amide bonds. The lowest BCUT2D eigenvalue weighted by atomic mass is 9.91. The second kappa shape index (κ2) is 12.2. The van der Waals surface area contributed by atoms with Gasteiger partial charge < -0.3 is 21.3 Å². The summed E-state index contributed by atoms with van der Waals surface area (Å²) in [6.45, 7) is 6.13. The molecule has 0 aliphatic heterocycles. The van der Waals surface area contributed by atoms with Crippen molar-refractivity contribution in [1.29, 1.82) is 0 Å². The van der Waals surface area contributed by atoms with Crippen molar-refractivity contribution < 1.29 is 27.6 Å². The van der Waals surface area contributed by atoms with Crippen molar-refractivity contribution in [3.8, 4) is 0 Å². The average molecular weight is 521 g/mol. The molecule has 0 spiro atoms. The maximum absolute atomic E-state index is 12.7. The molecule has 2 aromatic carbocycles. The van der Waals surface area contributed by atoms with Crippen molar-refractivity contribution >= 4 is 46.9 Å². The standard InChI is InChI=1S/C25H31F3N6O3/c1-24(2,3)14-22(36)34(4)18-9-10-19(30-12-11-21(29)35)20(13-18)31-15-32-23(37)33-17-7-5-16(6-8-17)25(26,27)28/h5-10,13,15,30H,11-12,14H2,1-4H3,(H2,29,35)(H2,31,32,33,37). The van der Waals surface area contributed by atoms with E-state index in [1.165, 1.54) is 4.90 Å². The molecule has 2 aromatic rings. The van der Waals surface area contributed by atoms with Gasteiger partial charge in [-0.3, -0.25) is 14.9 Å². The number of nitrogens with zero attached hydrogens (tertiary/aromatic N) is 2. The van der Waals surface area contributed by atoms with E-state index in [9.17, 15) is 27.6 Å². The highest BCUT2D eigenvalue weighted by atomic mass is 19.4. The van der Waals surface area contributed by atoms with Crippen LogP contribution in [-0.2, 0) is 15.8 Å². The summed E-state index contributed by atoms with van der Waals surface area (Å²) in [5.74, 6) is -0.575. The van der Waals surface area contributed by atoms with Crippen molar-refractivity contribution in [3.63, 3.8) is 0 Å². The van der Waals surface area contributed by atoms with Crippen LogP contribution in [0, 0.1) is 5.41 Å². The van der Waals surface area contributed by atoms with Gasteiger partial charge in [0.2, 0.25) is 11.8 Å². The summed E-state index contributed by atoms with van der Waals surface area (Å²) in [5.41, 5.74) is 5.78. The molecule has 0 radical (unpaired) electrons. The van der Waals surface area contributed by atoms with Crippen LogP contribution >= 0.6 is 0 Å². The molecule has 0 unspecified atom stereocenters. The molecule has 200 valence electrons. The lowest BCUT2D eigenvalue weighted by Gasteiger charge is -2.24. The topological polar surface area (TPSA) is 129 Å². The van der Waals surface area contributed by atoms with E-state index in [2.05, 4.69) is 20.9 Å². The van der Waals surface area contributed by atoms with E-state index in [0.717, 1.165) is 30.6 Å². The predicted octanol–water partition coefficient (Wildman–Crippen LogP) is 4.87. The Kier molecular flexibility index (Phi) is 9.64. The number of anilines is 3. The van der Waals surface area contributed by atoms with Crippen molar-refractivity contribution in [2.24, 2.45) is 16.1 Å². The van der Waals surface area contributed by atoms with Gasteiger partial charge in [0, 0.05) is 37.8 Å². The lowest BCUT2D eigenvalue weighted by molar-refractivity contribution is -0.137. The first-order valence-corrected chi connectivity index (χ1v) is 11.4. The lowest BCUT2D eigenvalue weighted by Crippen LogP contribution is -2.29. The number of nitrogens with two attached hydrogens (primary N) is 1. The predicted molar refractivity (Wildman–Crippen MR) is 138 cm³/mol. The number of amides is 4. The van der Waals surface area contributed by atoms with Crippen LogP contribution < -0.4 is 26.6 Å². The molecular formula is C25H31F3N6O3. The third-order valence-electron chi connectivity index (χ3n) is 4.98. The molecule has 0 atom stereocenters. The molecule has 5 N–H and O–H groups in total. The first-order chi connectivity index (χ1) is 17.2. The van der Waals surface area contributed by atoms with Crippen LogP contribution in [0.15, 0.2) is 47.5 Å². The van der Waals surface area contributed by atoms with Crippen LogP contribution in [0.4, 0.5) is 40.7 Å². The molecule has 2 rings (SSSR count). The molecule has 9 nitrogen and oxygen atoms in total. The third-order valence-corrected chi connectivity index (χ3v) is 4.98. The quantitative estimate of drug-likeness (QED) is 0.278. The van der Waals surface area contributed by atoms with Crippen molar-refractivity contribution in [3.05, 3.63) is 48.0 Å². The minimum atomic E-state index is -4.48. The van der Waals surface area contributed by atoms with Gasteiger partial charge in [-0.05, 0) is 47.9 Å². The first kappa shape index (κ1) is 29.1. The molecule has 0 fully saturated rings. The van der Waals surface area contributed by atoms with Gasteiger partial charge in [-0.15, -0.1) is 0 Å². The molecular weight excluding hydrogens is 489 g/mol. The number of halogens is 3. The summed E-state index contributed by atoms with van der Waals surface area (Å²) in [7, 11) is 1.65. The van der Waals surface area contributed by atoms with Crippen molar-refractivity contribution in [2.75, 3.05) is 29.1 Å². The number of aliphatic imine (C=N–C) groups is 1. The second-order valence-electron chi connectivity index (χ2n) is 9.47. The maximum Gasteiger partial charge on any atom is 0.416 e. The zero-order chi connectivity index (χ0) is 27.8. The summed E-state index contributed by atoms with van der Waals surface area (Å²) in [6.07, 6.45) is -2.96. The summed E-state index contributed by atoms with van der Waals surface area (Å²) in [4.78, 5) is 41.6. The van der Waals surface area contributed by atoms with Crippen molar-refractivity contribution in [2.45, 2.75) is 39.8 Å². The Bertz CT molecular complexity index is 1140. The number of rotatable bonds is 9. The summed E-state index contributed by atoms with van der Waals surface area (Å²) >= 11 is 0. The van der Waals surface area contributed by atoms with Gasteiger partial charge in [-0.1, -0.05) is 20.8 Å². The van der Waals surface area contributed by atoms with Crippen molar-refractivity contribution in [1.82, 2.24) is 5.32 Å². The number of primary amides is 1. The van der Waals surface area contributed by atoms with Crippen LogP contribution in [0.3, 0.4) is 0 Å². The zero-order valence-corrected chi connectivity index (χ0v) is 21.1. The summed E-state index contributed by atoms with van der Waals surface area (Å²) in [6, 6.07) is 8.30. The largest absolute Gasteiger partial charge is 0.416 e. The smallest absolute Gasteiger partial charge is 0.383 e. The molecule has 0 saturated carbocycles.